The van der Waals surface area contributed by atoms with Gasteiger partial charge in [-0.15, -0.1) is 10.2 Å². The molecule has 1 saturated heterocycles. The number of benzene rings is 1. The first kappa shape index (κ1) is 17.2. The maximum absolute atomic E-state index is 12.8. The fourth-order valence-corrected chi connectivity index (χ4v) is 6.18. The summed E-state index contributed by atoms with van der Waals surface area (Å²) in [5, 5.41) is 10.9. The number of H-pyrrole nitrogens is 1. The lowest BCUT2D eigenvalue weighted by Crippen LogP contribution is -2.29. The molecule has 0 spiro atoms. The second-order valence-corrected chi connectivity index (χ2v) is 9.84. The van der Waals surface area contributed by atoms with Crippen molar-refractivity contribution in [1.82, 2.24) is 15.2 Å². The molecule has 0 amide bonds. The van der Waals surface area contributed by atoms with Gasteiger partial charge in [0.05, 0.1) is 5.25 Å². The Balaban J connectivity index is 1.45. The van der Waals surface area contributed by atoms with Crippen LogP contribution in [0.4, 0.5) is 11.6 Å². The van der Waals surface area contributed by atoms with Crippen molar-refractivity contribution in [2.75, 3.05) is 18.5 Å². The first-order chi connectivity index (χ1) is 13.1. The number of aromatic nitrogens is 3. The van der Waals surface area contributed by atoms with Gasteiger partial charge >= 0.3 is 0 Å². The molecule has 3 aliphatic rings. The van der Waals surface area contributed by atoms with Crippen LogP contribution in [-0.2, 0) is 40.3 Å². The standard InChI is InChI=1S/C19H24N4O3S/c24-27(25,14-7-9-26-10-8-14)19-21-18(22-23-19)20-17-15-5-1-3-12(15)11-13-4-2-6-16(13)17/h11,14H,1-10H2,(H2,20,21,22,23). The Morgan fingerprint density at radius 2 is 1.67 bits per heavy atom. The van der Waals surface area contributed by atoms with Crippen molar-refractivity contribution in [3.63, 3.8) is 0 Å². The van der Waals surface area contributed by atoms with E-state index in [2.05, 4.69) is 26.6 Å². The van der Waals surface area contributed by atoms with Gasteiger partial charge in [-0.2, -0.15) is 0 Å². The average Bonchev–Trinajstić information content (AvgIpc) is 3.42. The molecule has 1 aromatic carbocycles. The maximum Gasteiger partial charge on any atom is 0.248 e. The van der Waals surface area contributed by atoms with Gasteiger partial charge in [0.2, 0.25) is 20.9 Å². The van der Waals surface area contributed by atoms with Gasteiger partial charge in [-0.3, -0.25) is 4.98 Å². The van der Waals surface area contributed by atoms with Gasteiger partial charge in [0.25, 0.3) is 0 Å². The van der Waals surface area contributed by atoms with Crippen LogP contribution in [0.3, 0.4) is 0 Å². The molecule has 0 bridgehead atoms. The SMILES string of the molecule is O=S(=O)(c1nnc(Nc2c3c(cc4c2CCC4)CCC3)[nH]1)C1CCOCC1. The van der Waals surface area contributed by atoms with Gasteiger partial charge in [0, 0.05) is 18.9 Å². The third kappa shape index (κ3) is 2.95. The van der Waals surface area contributed by atoms with Crippen LogP contribution < -0.4 is 5.32 Å². The topological polar surface area (TPSA) is 97.0 Å². The summed E-state index contributed by atoms with van der Waals surface area (Å²) in [5.41, 5.74) is 6.70. The fourth-order valence-electron chi connectivity index (χ4n) is 4.66. The molecule has 5 rings (SSSR count). The Kier molecular flexibility index (Phi) is 4.20. The molecule has 27 heavy (non-hydrogen) atoms. The number of aromatic amines is 1. The lowest BCUT2D eigenvalue weighted by atomic mass is 9.99. The van der Waals surface area contributed by atoms with Crippen LogP contribution in [0.15, 0.2) is 11.2 Å². The number of sulfone groups is 1. The number of hydrogen-bond donors (Lipinski definition) is 2. The number of ether oxygens (including phenoxy) is 1. The van der Waals surface area contributed by atoms with E-state index >= 15 is 0 Å². The maximum atomic E-state index is 12.8. The summed E-state index contributed by atoms with van der Waals surface area (Å²) in [6.07, 6.45) is 7.73. The minimum absolute atomic E-state index is 0.0406. The second-order valence-electron chi connectivity index (χ2n) is 7.69. The number of fused-ring (bicyclic) bond motifs is 2. The molecular formula is C19H24N4O3S. The third-order valence-corrected chi connectivity index (χ3v) is 8.13. The molecule has 0 atom stereocenters. The van der Waals surface area contributed by atoms with Crippen molar-refractivity contribution in [2.45, 2.75) is 61.8 Å². The van der Waals surface area contributed by atoms with E-state index in [9.17, 15) is 8.42 Å². The lowest BCUT2D eigenvalue weighted by Gasteiger charge is -2.20. The van der Waals surface area contributed by atoms with Gasteiger partial charge in [0.1, 0.15) is 0 Å². The highest BCUT2D eigenvalue weighted by atomic mass is 32.2. The van der Waals surface area contributed by atoms with E-state index in [1.807, 2.05) is 0 Å². The first-order valence-corrected chi connectivity index (χ1v) is 11.4. The Labute approximate surface area is 158 Å². The minimum atomic E-state index is -3.51. The average molecular weight is 388 g/mol. The lowest BCUT2D eigenvalue weighted by molar-refractivity contribution is 0.0983. The van der Waals surface area contributed by atoms with Crippen molar-refractivity contribution in [3.8, 4) is 0 Å². The molecular weight excluding hydrogens is 364 g/mol. The zero-order chi connectivity index (χ0) is 18.4. The van der Waals surface area contributed by atoms with Crippen LogP contribution in [0.5, 0.6) is 0 Å². The molecule has 8 heteroatoms. The summed E-state index contributed by atoms with van der Waals surface area (Å²) in [5.74, 6) is 0.412. The molecule has 0 unspecified atom stereocenters. The Bertz CT molecular complexity index is 945. The second kappa shape index (κ2) is 6.60. The largest absolute Gasteiger partial charge is 0.381 e. The smallest absolute Gasteiger partial charge is 0.248 e. The summed E-state index contributed by atoms with van der Waals surface area (Å²) in [6, 6.07) is 2.37. The van der Waals surface area contributed by atoms with Crippen LogP contribution in [0.25, 0.3) is 0 Å². The van der Waals surface area contributed by atoms with E-state index in [0.29, 0.717) is 32.0 Å². The summed E-state index contributed by atoms with van der Waals surface area (Å²) in [6.45, 7) is 0.955. The molecule has 7 nitrogen and oxygen atoms in total. The highest BCUT2D eigenvalue weighted by molar-refractivity contribution is 7.91. The summed E-state index contributed by atoms with van der Waals surface area (Å²) in [4.78, 5) is 2.92. The van der Waals surface area contributed by atoms with Crippen molar-refractivity contribution in [3.05, 3.63) is 28.3 Å². The zero-order valence-corrected chi connectivity index (χ0v) is 16.1. The quantitative estimate of drug-likeness (QED) is 0.835. The molecule has 1 aromatic heterocycles. The van der Waals surface area contributed by atoms with E-state index in [-0.39, 0.29) is 5.16 Å². The summed E-state index contributed by atoms with van der Waals surface area (Å²) >= 11 is 0. The number of nitrogens with one attached hydrogen (secondary N) is 2. The van der Waals surface area contributed by atoms with Gasteiger partial charge in [-0.1, -0.05) is 6.07 Å². The van der Waals surface area contributed by atoms with Gasteiger partial charge in [0.15, 0.2) is 0 Å². The van der Waals surface area contributed by atoms with Crippen LogP contribution in [0.2, 0.25) is 0 Å². The highest BCUT2D eigenvalue weighted by Gasteiger charge is 2.32. The molecule has 2 aromatic rings. The first-order valence-electron chi connectivity index (χ1n) is 9.81. The van der Waals surface area contributed by atoms with Crippen LogP contribution in [0, 0.1) is 0 Å². The predicted molar refractivity (Wildman–Crippen MR) is 101 cm³/mol. The van der Waals surface area contributed by atoms with Crippen molar-refractivity contribution >= 4 is 21.5 Å². The van der Waals surface area contributed by atoms with Gasteiger partial charge in [-0.25, -0.2) is 8.42 Å². The van der Waals surface area contributed by atoms with Gasteiger partial charge < -0.3 is 10.1 Å². The van der Waals surface area contributed by atoms with E-state index < -0.39 is 15.1 Å². The summed E-state index contributed by atoms with van der Waals surface area (Å²) in [7, 11) is -3.51. The van der Waals surface area contributed by atoms with Crippen molar-refractivity contribution in [2.24, 2.45) is 0 Å². The van der Waals surface area contributed by atoms with E-state index in [1.165, 1.54) is 35.1 Å². The highest BCUT2D eigenvalue weighted by Crippen LogP contribution is 2.39. The molecule has 0 saturated carbocycles. The van der Waals surface area contributed by atoms with Crippen molar-refractivity contribution < 1.29 is 13.2 Å². The van der Waals surface area contributed by atoms with Crippen LogP contribution >= 0.6 is 0 Å². The number of hydrogen-bond acceptors (Lipinski definition) is 6. The van der Waals surface area contributed by atoms with Crippen molar-refractivity contribution in [1.29, 1.82) is 0 Å². The Hall–Kier alpha value is -1.93. The molecule has 2 heterocycles. The molecule has 0 radical (unpaired) electrons. The van der Waals surface area contributed by atoms with E-state index in [0.717, 1.165) is 31.4 Å². The molecule has 1 aliphatic heterocycles. The number of aryl methyl sites for hydroxylation is 2. The van der Waals surface area contributed by atoms with E-state index in [4.69, 9.17) is 4.74 Å². The Morgan fingerprint density at radius 1 is 1.00 bits per heavy atom. The zero-order valence-electron chi connectivity index (χ0n) is 15.3. The molecule has 144 valence electrons. The number of nitrogens with zero attached hydrogens (tertiary/aromatic N) is 2. The Morgan fingerprint density at radius 3 is 2.33 bits per heavy atom. The molecule has 1 fully saturated rings. The number of anilines is 2. The van der Waals surface area contributed by atoms with Gasteiger partial charge in [-0.05, 0) is 73.6 Å². The predicted octanol–water partition coefficient (Wildman–Crippen LogP) is 2.48. The number of rotatable bonds is 4. The minimum Gasteiger partial charge on any atom is -0.381 e. The third-order valence-electron chi connectivity index (χ3n) is 6.06. The fraction of sp³-hybridized carbons (Fsp3) is 0.579. The summed E-state index contributed by atoms with van der Waals surface area (Å²) < 4.78 is 30.9. The van der Waals surface area contributed by atoms with Crippen LogP contribution in [-0.4, -0.2) is 42.1 Å². The van der Waals surface area contributed by atoms with E-state index in [1.54, 1.807) is 0 Å². The monoisotopic (exact) mass is 388 g/mol. The normalized spacial score (nSPS) is 19.9. The molecule has 2 N–H and O–H groups in total. The molecule has 2 aliphatic carbocycles. The van der Waals surface area contributed by atoms with Crippen LogP contribution in [0.1, 0.15) is 47.9 Å².